The lowest BCUT2D eigenvalue weighted by molar-refractivity contribution is 0.110. The standard InChI is InChI=1S/C16H22N4O/c1-12(2)19-8-4-3-5-14(19)9-16-18-17-15-7-6-13(11-21)10-20(15)16/h6-7,10-12,14H,3-5,8-9H2,1-2H3. The molecule has 1 saturated heterocycles. The third kappa shape index (κ3) is 2.83. The number of pyridine rings is 1. The first-order valence-electron chi connectivity index (χ1n) is 7.73. The molecule has 21 heavy (non-hydrogen) atoms. The average Bonchev–Trinajstić information content (AvgIpc) is 2.90. The molecule has 0 amide bonds. The van der Waals surface area contributed by atoms with Gasteiger partial charge in [-0.1, -0.05) is 6.42 Å². The quantitative estimate of drug-likeness (QED) is 0.810. The predicted octanol–water partition coefficient (Wildman–Crippen LogP) is 2.35. The number of carbonyl (C=O) groups excluding carboxylic acids is 1. The van der Waals surface area contributed by atoms with Gasteiger partial charge in [-0.15, -0.1) is 10.2 Å². The number of carbonyl (C=O) groups is 1. The molecule has 5 heteroatoms. The number of piperidine rings is 1. The van der Waals surface area contributed by atoms with Crippen LogP contribution in [0.2, 0.25) is 0 Å². The summed E-state index contributed by atoms with van der Waals surface area (Å²) in [5, 5.41) is 8.54. The van der Waals surface area contributed by atoms with Crippen molar-refractivity contribution in [2.24, 2.45) is 0 Å². The van der Waals surface area contributed by atoms with Crippen LogP contribution in [0.1, 0.15) is 49.3 Å². The first-order valence-corrected chi connectivity index (χ1v) is 7.73. The maximum Gasteiger partial charge on any atom is 0.160 e. The Kier molecular flexibility index (Phi) is 4.01. The van der Waals surface area contributed by atoms with E-state index >= 15 is 0 Å². The number of rotatable bonds is 4. The van der Waals surface area contributed by atoms with Gasteiger partial charge in [-0.05, 0) is 45.4 Å². The molecule has 3 heterocycles. The molecule has 0 N–H and O–H groups in total. The molecule has 0 radical (unpaired) electrons. The van der Waals surface area contributed by atoms with Gasteiger partial charge in [0.25, 0.3) is 0 Å². The zero-order chi connectivity index (χ0) is 14.8. The van der Waals surface area contributed by atoms with E-state index in [2.05, 4.69) is 28.9 Å². The van der Waals surface area contributed by atoms with E-state index in [4.69, 9.17) is 0 Å². The largest absolute Gasteiger partial charge is 0.298 e. The molecule has 1 aliphatic heterocycles. The van der Waals surface area contributed by atoms with Crippen LogP contribution in [0, 0.1) is 0 Å². The molecule has 1 fully saturated rings. The predicted molar refractivity (Wildman–Crippen MR) is 81.6 cm³/mol. The van der Waals surface area contributed by atoms with Crippen LogP contribution < -0.4 is 0 Å². The summed E-state index contributed by atoms with van der Waals surface area (Å²) in [7, 11) is 0. The molecular weight excluding hydrogens is 264 g/mol. The Labute approximate surface area is 125 Å². The van der Waals surface area contributed by atoms with Gasteiger partial charge in [0.1, 0.15) is 5.82 Å². The molecule has 1 atom stereocenters. The van der Waals surface area contributed by atoms with Gasteiger partial charge in [-0.2, -0.15) is 0 Å². The summed E-state index contributed by atoms with van der Waals surface area (Å²) in [4.78, 5) is 13.5. The number of aromatic nitrogens is 3. The van der Waals surface area contributed by atoms with E-state index < -0.39 is 0 Å². The summed E-state index contributed by atoms with van der Waals surface area (Å²) >= 11 is 0. The van der Waals surface area contributed by atoms with Crippen LogP contribution in [0.25, 0.3) is 5.65 Å². The molecule has 1 aliphatic rings. The van der Waals surface area contributed by atoms with E-state index in [0.717, 1.165) is 24.2 Å². The Bertz CT molecular complexity index is 634. The third-order valence-corrected chi connectivity index (χ3v) is 4.39. The summed E-state index contributed by atoms with van der Waals surface area (Å²) in [6, 6.07) is 4.70. The van der Waals surface area contributed by atoms with E-state index in [9.17, 15) is 4.79 Å². The van der Waals surface area contributed by atoms with Crippen molar-refractivity contribution < 1.29 is 4.79 Å². The highest BCUT2D eigenvalue weighted by molar-refractivity contribution is 5.74. The van der Waals surface area contributed by atoms with Crippen LogP contribution in [0.15, 0.2) is 18.3 Å². The molecule has 0 aliphatic carbocycles. The van der Waals surface area contributed by atoms with Crippen molar-refractivity contribution in [3.63, 3.8) is 0 Å². The molecule has 0 bridgehead atoms. The molecule has 0 saturated carbocycles. The highest BCUT2D eigenvalue weighted by atomic mass is 16.1. The smallest absolute Gasteiger partial charge is 0.160 e. The van der Waals surface area contributed by atoms with E-state index in [0.29, 0.717) is 17.6 Å². The Morgan fingerprint density at radius 1 is 1.33 bits per heavy atom. The Morgan fingerprint density at radius 3 is 2.95 bits per heavy atom. The normalized spacial score (nSPS) is 20.2. The number of nitrogens with zero attached hydrogens (tertiary/aromatic N) is 4. The zero-order valence-electron chi connectivity index (χ0n) is 12.7. The lowest BCUT2D eigenvalue weighted by atomic mass is 9.97. The Morgan fingerprint density at radius 2 is 2.19 bits per heavy atom. The fourth-order valence-electron chi connectivity index (χ4n) is 3.30. The number of aldehydes is 1. The van der Waals surface area contributed by atoms with Gasteiger partial charge in [-0.25, -0.2) is 0 Å². The Balaban J connectivity index is 1.88. The van der Waals surface area contributed by atoms with Crippen LogP contribution in [0.4, 0.5) is 0 Å². The first kappa shape index (κ1) is 14.2. The molecule has 5 nitrogen and oxygen atoms in total. The molecule has 0 spiro atoms. The highest BCUT2D eigenvalue weighted by Gasteiger charge is 2.26. The average molecular weight is 286 g/mol. The van der Waals surface area contributed by atoms with Crippen molar-refractivity contribution >= 4 is 11.9 Å². The SMILES string of the molecule is CC(C)N1CCCCC1Cc1nnc2ccc(C=O)cn12. The van der Waals surface area contributed by atoms with Gasteiger partial charge >= 0.3 is 0 Å². The van der Waals surface area contributed by atoms with Crippen LogP contribution in [-0.2, 0) is 6.42 Å². The van der Waals surface area contributed by atoms with E-state index in [1.807, 2.05) is 16.7 Å². The van der Waals surface area contributed by atoms with Crippen molar-refractivity contribution in [3.8, 4) is 0 Å². The highest BCUT2D eigenvalue weighted by Crippen LogP contribution is 2.22. The fraction of sp³-hybridized carbons (Fsp3) is 0.562. The van der Waals surface area contributed by atoms with Crippen LogP contribution in [0.5, 0.6) is 0 Å². The van der Waals surface area contributed by atoms with Gasteiger partial charge in [0.15, 0.2) is 11.9 Å². The number of hydrogen-bond acceptors (Lipinski definition) is 4. The van der Waals surface area contributed by atoms with Gasteiger partial charge in [0.2, 0.25) is 0 Å². The molecule has 1 unspecified atom stereocenters. The zero-order valence-corrected chi connectivity index (χ0v) is 12.7. The van der Waals surface area contributed by atoms with Crippen molar-refractivity contribution in [3.05, 3.63) is 29.7 Å². The fourth-order valence-corrected chi connectivity index (χ4v) is 3.30. The van der Waals surface area contributed by atoms with Gasteiger partial charge < -0.3 is 0 Å². The van der Waals surface area contributed by atoms with Crippen molar-refractivity contribution in [2.75, 3.05) is 6.54 Å². The van der Waals surface area contributed by atoms with Gasteiger partial charge in [0.05, 0.1) is 0 Å². The number of hydrogen-bond donors (Lipinski definition) is 0. The summed E-state index contributed by atoms with van der Waals surface area (Å²) in [5.41, 5.74) is 1.47. The first-order chi connectivity index (χ1) is 10.2. The summed E-state index contributed by atoms with van der Waals surface area (Å²) in [6.07, 6.45) is 7.36. The van der Waals surface area contributed by atoms with Crippen molar-refractivity contribution in [2.45, 2.75) is 51.6 Å². The number of fused-ring (bicyclic) bond motifs is 1. The Hall–Kier alpha value is -1.75. The lowest BCUT2D eigenvalue weighted by Crippen LogP contribution is -2.45. The summed E-state index contributed by atoms with van der Waals surface area (Å²) in [6.45, 7) is 5.67. The molecule has 0 aromatic carbocycles. The second-order valence-electron chi connectivity index (χ2n) is 6.11. The second-order valence-corrected chi connectivity index (χ2v) is 6.11. The maximum absolute atomic E-state index is 11.0. The number of likely N-dealkylation sites (tertiary alicyclic amines) is 1. The molecule has 2 aromatic rings. The lowest BCUT2D eigenvalue weighted by Gasteiger charge is -2.38. The van der Waals surface area contributed by atoms with Crippen LogP contribution in [0.3, 0.4) is 0 Å². The minimum Gasteiger partial charge on any atom is -0.298 e. The van der Waals surface area contributed by atoms with E-state index in [1.54, 1.807) is 6.07 Å². The van der Waals surface area contributed by atoms with Crippen molar-refractivity contribution in [1.29, 1.82) is 0 Å². The van der Waals surface area contributed by atoms with Crippen LogP contribution >= 0.6 is 0 Å². The van der Waals surface area contributed by atoms with E-state index in [-0.39, 0.29) is 0 Å². The molecular formula is C16H22N4O. The molecule has 112 valence electrons. The second kappa shape index (κ2) is 5.93. The van der Waals surface area contributed by atoms with Crippen molar-refractivity contribution in [1.82, 2.24) is 19.5 Å². The summed E-state index contributed by atoms with van der Waals surface area (Å²) < 4.78 is 1.96. The third-order valence-electron chi connectivity index (χ3n) is 4.39. The molecule has 3 rings (SSSR count). The van der Waals surface area contributed by atoms with E-state index in [1.165, 1.54) is 25.8 Å². The molecule has 2 aromatic heterocycles. The monoisotopic (exact) mass is 286 g/mol. The minimum atomic E-state index is 0.519. The summed E-state index contributed by atoms with van der Waals surface area (Å²) in [5.74, 6) is 0.950. The van der Waals surface area contributed by atoms with Gasteiger partial charge in [-0.3, -0.25) is 14.1 Å². The topological polar surface area (TPSA) is 50.5 Å². The van der Waals surface area contributed by atoms with Crippen LogP contribution in [-0.4, -0.2) is 44.4 Å². The maximum atomic E-state index is 11.0. The minimum absolute atomic E-state index is 0.519. The van der Waals surface area contributed by atoms with Gasteiger partial charge in [0, 0.05) is 30.3 Å².